The average Bonchev–Trinajstić information content (AvgIpc) is 2.92. The van der Waals surface area contributed by atoms with Gasteiger partial charge in [0.15, 0.2) is 7.60 Å². The van der Waals surface area contributed by atoms with Crippen LogP contribution >= 0.6 is 7.60 Å². The fraction of sp³-hybridized carbons (Fsp3) is 0.857. The minimum absolute atomic E-state index is 0. The Morgan fingerprint density at radius 1 is 0.732 bits per heavy atom. The van der Waals surface area contributed by atoms with Gasteiger partial charge in [-0.25, -0.2) is 0 Å². The second kappa shape index (κ2) is 27.1. The summed E-state index contributed by atoms with van der Waals surface area (Å²) in [5, 5.41) is 8.89. The van der Waals surface area contributed by atoms with Crippen molar-refractivity contribution in [3.05, 3.63) is 5.56 Å². The normalized spacial score (nSPS) is 12.6. The number of hydrogen-bond donors (Lipinski definition) is 2. The summed E-state index contributed by atoms with van der Waals surface area (Å²) in [6.07, 6.45) is 17.7. The van der Waals surface area contributed by atoms with E-state index in [9.17, 15) is 9.46 Å². The maximum Gasteiger partial charge on any atom is 1.00 e. The quantitative estimate of drug-likeness (QED) is 0.0810. The molecule has 0 amide bonds. The third kappa shape index (κ3) is 22.7. The Kier molecular flexibility index (Phi) is 26.8. The molecule has 1 heterocycles. The van der Waals surface area contributed by atoms with Crippen LogP contribution in [0.15, 0.2) is 0 Å². The van der Waals surface area contributed by atoms with Crippen molar-refractivity contribution < 1.29 is 67.6 Å². The molecule has 13 heteroatoms. The van der Waals surface area contributed by atoms with Crippen molar-refractivity contribution >= 4 is 13.5 Å². The van der Waals surface area contributed by atoms with Crippen LogP contribution in [-0.4, -0.2) is 67.7 Å². The number of aliphatic hydroxyl groups excluding tert-OH is 1. The fourth-order valence-corrected chi connectivity index (χ4v) is 4.84. The maximum atomic E-state index is 12.0. The minimum Gasteiger partial charge on any atom is -0.777 e. The number of hydrogen-bond acceptors (Lipinski definition) is 11. The smallest absolute Gasteiger partial charge is 0.777 e. The number of aromatic nitrogens is 2. The van der Waals surface area contributed by atoms with Crippen LogP contribution in [0.2, 0.25) is 0 Å². The summed E-state index contributed by atoms with van der Waals surface area (Å²) in [5.41, 5.74) is 6.15. The Morgan fingerprint density at radius 2 is 1.22 bits per heavy atom. The first-order valence-electron chi connectivity index (χ1n) is 15.0. The van der Waals surface area contributed by atoms with Gasteiger partial charge in [-0.3, -0.25) is 0 Å². The van der Waals surface area contributed by atoms with Crippen molar-refractivity contribution in [3.63, 3.8) is 0 Å². The van der Waals surface area contributed by atoms with Crippen molar-refractivity contribution in [1.82, 2.24) is 9.97 Å². The molecule has 1 atom stereocenters. The van der Waals surface area contributed by atoms with Gasteiger partial charge in [0.05, 0.1) is 32.0 Å². The van der Waals surface area contributed by atoms with Crippen LogP contribution in [0.5, 0.6) is 11.8 Å². The number of rotatable bonds is 28. The number of nitrogen functional groups attached to an aromatic ring is 1. The number of nitrogens with zero attached hydrogens (tertiary/aromatic N) is 2. The van der Waals surface area contributed by atoms with Crippen LogP contribution in [0, 0.1) is 6.92 Å². The molecule has 0 radical (unpaired) electrons. The van der Waals surface area contributed by atoms with E-state index < -0.39 is 13.9 Å². The number of ether oxygens (including phenoxy) is 4. The van der Waals surface area contributed by atoms with Crippen LogP contribution in [0.1, 0.15) is 102 Å². The summed E-state index contributed by atoms with van der Waals surface area (Å²) in [4.78, 5) is 19.9. The SMILES string of the molecule is CCCCCCCCCCCCCCCCOCCOP(=O)([O-])COCCOc1nc(N)nc(OCCO)c1C.[Na+]. The van der Waals surface area contributed by atoms with Gasteiger partial charge in [-0.15, -0.1) is 0 Å². The first-order chi connectivity index (χ1) is 19.4. The summed E-state index contributed by atoms with van der Waals surface area (Å²) in [5.74, 6) is 0.363. The third-order valence-corrected chi connectivity index (χ3v) is 7.35. The summed E-state index contributed by atoms with van der Waals surface area (Å²) in [6.45, 7) is 4.67. The van der Waals surface area contributed by atoms with Crippen LogP contribution in [-0.2, 0) is 18.6 Å². The topological polar surface area (TPSA) is 158 Å². The first kappa shape index (κ1) is 40.5. The van der Waals surface area contributed by atoms with Crippen LogP contribution in [0.4, 0.5) is 5.95 Å². The zero-order valence-corrected chi connectivity index (χ0v) is 28.7. The van der Waals surface area contributed by atoms with E-state index >= 15 is 0 Å². The predicted molar refractivity (Wildman–Crippen MR) is 155 cm³/mol. The summed E-state index contributed by atoms with van der Waals surface area (Å²) in [6, 6.07) is 0. The molecular weight excluding hydrogens is 560 g/mol. The van der Waals surface area contributed by atoms with Crippen LogP contribution in [0.3, 0.4) is 0 Å². The van der Waals surface area contributed by atoms with Gasteiger partial charge in [0.25, 0.3) is 0 Å². The van der Waals surface area contributed by atoms with E-state index in [1.54, 1.807) is 6.92 Å². The molecule has 0 saturated heterocycles. The van der Waals surface area contributed by atoms with Gasteiger partial charge in [-0.2, -0.15) is 9.97 Å². The first-order valence-corrected chi connectivity index (χ1v) is 16.7. The van der Waals surface area contributed by atoms with Gasteiger partial charge in [-0.1, -0.05) is 90.4 Å². The van der Waals surface area contributed by atoms with Crippen LogP contribution in [0.25, 0.3) is 0 Å². The second-order valence-electron chi connectivity index (χ2n) is 9.93. The molecule has 0 aromatic carbocycles. The molecule has 1 unspecified atom stereocenters. The van der Waals surface area contributed by atoms with Gasteiger partial charge in [-0.05, 0) is 13.3 Å². The molecule has 0 bridgehead atoms. The monoisotopic (exact) mass is 613 g/mol. The Morgan fingerprint density at radius 3 is 1.76 bits per heavy atom. The van der Waals surface area contributed by atoms with E-state index in [4.69, 9.17) is 34.3 Å². The number of unbranched alkanes of at least 4 members (excludes halogenated alkanes) is 13. The van der Waals surface area contributed by atoms with Crippen molar-refractivity contribution in [2.75, 3.05) is 58.3 Å². The maximum absolute atomic E-state index is 12.0. The van der Waals surface area contributed by atoms with Gasteiger partial charge in [0, 0.05) is 6.61 Å². The molecule has 0 saturated carbocycles. The molecule has 0 aliphatic carbocycles. The Balaban J connectivity index is 0.0000160. The molecule has 3 N–H and O–H groups in total. The van der Waals surface area contributed by atoms with Gasteiger partial charge < -0.3 is 43.8 Å². The van der Waals surface area contributed by atoms with Crippen molar-refractivity contribution in [2.24, 2.45) is 0 Å². The third-order valence-electron chi connectivity index (χ3n) is 6.28. The molecule has 1 aromatic rings. The second-order valence-corrected chi connectivity index (χ2v) is 11.7. The number of anilines is 1. The van der Waals surface area contributed by atoms with E-state index in [1.165, 1.54) is 77.0 Å². The van der Waals surface area contributed by atoms with E-state index in [0.29, 0.717) is 12.2 Å². The molecule has 1 aromatic heterocycles. The summed E-state index contributed by atoms with van der Waals surface area (Å²) >= 11 is 0. The van der Waals surface area contributed by atoms with Gasteiger partial charge in [0.1, 0.15) is 19.6 Å². The van der Waals surface area contributed by atoms with Crippen molar-refractivity contribution in [3.8, 4) is 11.8 Å². The predicted octanol–water partition coefficient (Wildman–Crippen LogP) is 2.16. The van der Waals surface area contributed by atoms with Crippen molar-refractivity contribution in [1.29, 1.82) is 0 Å². The fourth-order valence-electron chi connectivity index (χ4n) is 4.06. The van der Waals surface area contributed by atoms with E-state index in [-0.39, 0.29) is 86.9 Å². The molecule has 11 nitrogen and oxygen atoms in total. The molecule has 41 heavy (non-hydrogen) atoms. The number of aliphatic hydroxyl groups is 1. The van der Waals surface area contributed by atoms with Gasteiger partial charge >= 0.3 is 29.6 Å². The zero-order chi connectivity index (χ0) is 29.3. The van der Waals surface area contributed by atoms with E-state index in [0.717, 1.165) is 12.8 Å². The van der Waals surface area contributed by atoms with Gasteiger partial charge in [0.2, 0.25) is 17.7 Å². The van der Waals surface area contributed by atoms with E-state index in [2.05, 4.69) is 16.9 Å². The Hall–Kier alpha value is -0.490. The standard InChI is InChI=1S/C28H54N3O8P.Na/c1-3-4-5-6-7-8-9-10-11-12-13-14-15-16-18-35-21-23-39-40(33,34)24-36-20-22-38-27-25(2)26(37-19-17-32)30-28(29)31-27;/h32H,3-24H2,1-2H3,(H,33,34)(H2,29,30,31);/q;+1/p-1. The minimum atomic E-state index is -4.13. The number of nitrogens with two attached hydrogens (primary N) is 1. The summed E-state index contributed by atoms with van der Waals surface area (Å²) < 4.78 is 38.4. The summed E-state index contributed by atoms with van der Waals surface area (Å²) in [7, 11) is -4.13. The molecule has 0 aliphatic heterocycles. The molecule has 0 aliphatic rings. The molecule has 234 valence electrons. The molecule has 0 spiro atoms. The Labute approximate surface area is 269 Å². The van der Waals surface area contributed by atoms with Crippen LogP contribution < -0.4 is 49.7 Å². The largest absolute Gasteiger partial charge is 1.00 e. The zero-order valence-electron chi connectivity index (χ0n) is 25.8. The van der Waals surface area contributed by atoms with Crippen molar-refractivity contribution in [2.45, 2.75) is 104 Å². The molecule has 0 fully saturated rings. The average molecular weight is 614 g/mol. The van der Waals surface area contributed by atoms with E-state index in [1.807, 2.05) is 0 Å². The molecule has 1 rings (SSSR count). The molecular formula is C28H53N3NaO8P. The Bertz CT molecular complexity index is 810.